The summed E-state index contributed by atoms with van der Waals surface area (Å²) in [5.41, 5.74) is 1.03. The van der Waals surface area contributed by atoms with E-state index in [1.807, 2.05) is 6.07 Å². The van der Waals surface area contributed by atoms with E-state index in [0.29, 0.717) is 5.92 Å². The fourth-order valence-electron chi connectivity index (χ4n) is 4.13. The van der Waals surface area contributed by atoms with Crippen molar-refractivity contribution < 1.29 is 9.13 Å². The number of benzene rings is 1. The van der Waals surface area contributed by atoms with Crippen LogP contribution in [0.3, 0.4) is 0 Å². The molecule has 2 aromatic rings. The first-order valence-electron chi connectivity index (χ1n) is 9.84. The minimum atomic E-state index is -0.165. The largest absolute Gasteiger partial charge is 0.379 e. The number of ether oxygens (including phenoxy) is 1. The molecule has 146 valence electrons. The monoisotopic (exact) mass is 373 g/mol. The van der Waals surface area contributed by atoms with Crippen LogP contribution in [0.15, 0.2) is 24.3 Å². The average Bonchev–Trinajstić information content (AvgIpc) is 3.03. The summed E-state index contributed by atoms with van der Waals surface area (Å²) >= 11 is 0. The fourth-order valence-corrected chi connectivity index (χ4v) is 4.13. The topological polar surface area (TPSA) is 46.4 Å². The van der Waals surface area contributed by atoms with Gasteiger partial charge in [0, 0.05) is 39.1 Å². The Morgan fingerprint density at radius 2 is 1.96 bits per heavy atom. The van der Waals surface area contributed by atoms with Crippen molar-refractivity contribution in [2.45, 2.75) is 31.8 Å². The van der Waals surface area contributed by atoms with Crippen LogP contribution in [0.25, 0.3) is 0 Å². The van der Waals surface area contributed by atoms with E-state index in [-0.39, 0.29) is 5.82 Å². The Bertz CT molecular complexity index is 759. The van der Waals surface area contributed by atoms with Gasteiger partial charge in [0.25, 0.3) is 0 Å². The lowest BCUT2D eigenvalue weighted by Gasteiger charge is -2.32. The zero-order chi connectivity index (χ0) is 18.6. The molecule has 0 aliphatic carbocycles. The second-order valence-electron chi connectivity index (χ2n) is 7.63. The van der Waals surface area contributed by atoms with Gasteiger partial charge >= 0.3 is 0 Å². The van der Waals surface area contributed by atoms with Gasteiger partial charge in [-0.25, -0.2) is 4.39 Å². The molecule has 2 fully saturated rings. The van der Waals surface area contributed by atoms with E-state index in [2.05, 4.69) is 31.6 Å². The van der Waals surface area contributed by atoms with E-state index < -0.39 is 0 Å². The van der Waals surface area contributed by atoms with E-state index in [0.717, 1.165) is 82.5 Å². The zero-order valence-electron chi connectivity index (χ0n) is 16.0. The van der Waals surface area contributed by atoms with Crippen molar-refractivity contribution in [1.29, 1.82) is 0 Å². The van der Waals surface area contributed by atoms with Crippen molar-refractivity contribution in [1.82, 2.24) is 24.6 Å². The zero-order valence-corrected chi connectivity index (χ0v) is 16.0. The number of aromatic nitrogens is 3. The van der Waals surface area contributed by atoms with E-state index in [4.69, 9.17) is 4.74 Å². The molecule has 0 N–H and O–H groups in total. The summed E-state index contributed by atoms with van der Waals surface area (Å²) in [5.74, 6) is 2.31. The molecule has 7 heteroatoms. The van der Waals surface area contributed by atoms with Crippen molar-refractivity contribution in [3.63, 3.8) is 0 Å². The van der Waals surface area contributed by atoms with Gasteiger partial charge < -0.3 is 9.30 Å². The average molecular weight is 373 g/mol. The molecule has 2 saturated heterocycles. The van der Waals surface area contributed by atoms with Crippen molar-refractivity contribution in [3.05, 3.63) is 47.3 Å². The number of morpholine rings is 1. The highest BCUT2D eigenvalue weighted by Crippen LogP contribution is 2.27. The van der Waals surface area contributed by atoms with Crippen LogP contribution in [0, 0.1) is 5.82 Å². The van der Waals surface area contributed by atoms with Gasteiger partial charge in [-0.1, -0.05) is 12.1 Å². The highest BCUT2D eigenvalue weighted by Gasteiger charge is 2.26. The van der Waals surface area contributed by atoms with Gasteiger partial charge in [-0.15, -0.1) is 10.2 Å². The predicted octanol–water partition coefficient (Wildman–Crippen LogP) is 2.17. The van der Waals surface area contributed by atoms with Crippen LogP contribution >= 0.6 is 0 Å². The van der Waals surface area contributed by atoms with Crippen molar-refractivity contribution in [2.75, 3.05) is 39.4 Å². The van der Waals surface area contributed by atoms with Crippen LogP contribution in [0.1, 0.15) is 36.0 Å². The molecule has 1 aromatic heterocycles. The number of piperidine rings is 1. The molecule has 2 aliphatic heterocycles. The minimum Gasteiger partial charge on any atom is -0.379 e. The molecule has 1 atom stereocenters. The normalized spacial score (nSPS) is 22.2. The molecule has 0 spiro atoms. The maximum Gasteiger partial charge on any atom is 0.146 e. The van der Waals surface area contributed by atoms with Crippen molar-refractivity contribution >= 4 is 0 Å². The molecule has 27 heavy (non-hydrogen) atoms. The molecule has 4 rings (SSSR count). The number of rotatable bonds is 5. The Labute approximate surface area is 159 Å². The molecule has 1 aromatic carbocycles. The van der Waals surface area contributed by atoms with Crippen LogP contribution in [0.4, 0.5) is 4.39 Å². The van der Waals surface area contributed by atoms with E-state index >= 15 is 0 Å². The van der Waals surface area contributed by atoms with Gasteiger partial charge in [0.1, 0.15) is 17.5 Å². The standard InChI is InChI=1S/C20H28FN5O/c1-24-19(15-25-8-10-27-11-9-25)22-23-20(24)17-5-3-7-26(14-17)13-16-4-2-6-18(21)12-16/h2,4,6,12,17H,3,5,7-11,13-15H2,1H3/t17-/m1/s1. The molecular formula is C20H28FN5O. The van der Waals surface area contributed by atoms with Gasteiger partial charge in [0.2, 0.25) is 0 Å². The van der Waals surface area contributed by atoms with Crippen molar-refractivity contribution in [3.8, 4) is 0 Å². The Balaban J connectivity index is 1.40. The fraction of sp³-hybridized carbons (Fsp3) is 0.600. The number of hydrogen-bond donors (Lipinski definition) is 0. The molecule has 0 radical (unpaired) electrons. The van der Waals surface area contributed by atoms with E-state index in [1.165, 1.54) is 6.07 Å². The minimum absolute atomic E-state index is 0.165. The Morgan fingerprint density at radius 1 is 1.11 bits per heavy atom. The lowest BCUT2D eigenvalue weighted by atomic mass is 9.96. The van der Waals surface area contributed by atoms with Gasteiger partial charge in [-0.05, 0) is 37.1 Å². The van der Waals surface area contributed by atoms with E-state index in [1.54, 1.807) is 12.1 Å². The molecule has 3 heterocycles. The second-order valence-corrected chi connectivity index (χ2v) is 7.63. The van der Waals surface area contributed by atoms with Crippen LogP contribution < -0.4 is 0 Å². The lowest BCUT2D eigenvalue weighted by molar-refractivity contribution is 0.0326. The molecule has 0 unspecified atom stereocenters. The summed E-state index contributed by atoms with van der Waals surface area (Å²) < 4.78 is 21.1. The smallest absolute Gasteiger partial charge is 0.146 e. The van der Waals surface area contributed by atoms with Crippen LogP contribution in [0.2, 0.25) is 0 Å². The highest BCUT2D eigenvalue weighted by atomic mass is 19.1. The van der Waals surface area contributed by atoms with E-state index in [9.17, 15) is 4.39 Å². The van der Waals surface area contributed by atoms with Gasteiger partial charge in [-0.3, -0.25) is 9.80 Å². The second kappa shape index (κ2) is 8.46. The van der Waals surface area contributed by atoms with Crippen LogP contribution in [-0.4, -0.2) is 64.0 Å². The molecule has 0 amide bonds. The molecule has 2 aliphatic rings. The first-order valence-corrected chi connectivity index (χ1v) is 9.84. The van der Waals surface area contributed by atoms with Crippen molar-refractivity contribution in [2.24, 2.45) is 7.05 Å². The number of hydrogen-bond acceptors (Lipinski definition) is 5. The summed E-state index contributed by atoms with van der Waals surface area (Å²) in [5, 5.41) is 9.00. The summed E-state index contributed by atoms with van der Waals surface area (Å²) in [7, 11) is 2.08. The van der Waals surface area contributed by atoms with Gasteiger partial charge in [0.15, 0.2) is 0 Å². The quantitative estimate of drug-likeness (QED) is 0.804. The Kier molecular flexibility index (Phi) is 5.80. The number of nitrogens with zero attached hydrogens (tertiary/aromatic N) is 5. The molecule has 6 nitrogen and oxygen atoms in total. The number of likely N-dealkylation sites (tertiary alicyclic amines) is 1. The third-order valence-electron chi connectivity index (χ3n) is 5.63. The first kappa shape index (κ1) is 18.5. The SMILES string of the molecule is Cn1c(CN2CCOCC2)nnc1[C@@H]1CCCN(Cc2cccc(F)c2)C1. The molecular weight excluding hydrogens is 345 g/mol. The summed E-state index contributed by atoms with van der Waals surface area (Å²) in [6.45, 7) is 7.09. The lowest BCUT2D eigenvalue weighted by Crippen LogP contribution is -2.36. The molecule has 0 saturated carbocycles. The summed E-state index contributed by atoms with van der Waals surface area (Å²) in [4.78, 5) is 4.77. The maximum atomic E-state index is 13.5. The Morgan fingerprint density at radius 3 is 2.78 bits per heavy atom. The summed E-state index contributed by atoms with van der Waals surface area (Å²) in [6, 6.07) is 6.91. The maximum absolute atomic E-state index is 13.5. The predicted molar refractivity (Wildman–Crippen MR) is 101 cm³/mol. The third-order valence-corrected chi connectivity index (χ3v) is 5.63. The Hall–Kier alpha value is -1.83. The molecule has 0 bridgehead atoms. The first-order chi connectivity index (χ1) is 13.2. The number of halogens is 1. The van der Waals surface area contributed by atoms with Gasteiger partial charge in [0.05, 0.1) is 19.8 Å². The van der Waals surface area contributed by atoms with Crippen LogP contribution in [-0.2, 0) is 24.9 Å². The van der Waals surface area contributed by atoms with Gasteiger partial charge in [-0.2, -0.15) is 0 Å². The third kappa shape index (κ3) is 4.54. The summed E-state index contributed by atoms with van der Waals surface area (Å²) in [6.07, 6.45) is 2.26. The highest BCUT2D eigenvalue weighted by molar-refractivity contribution is 5.16. The van der Waals surface area contributed by atoms with Crippen LogP contribution in [0.5, 0.6) is 0 Å².